The second-order valence-corrected chi connectivity index (χ2v) is 6.02. The normalized spacial score (nSPS) is 28.7. The van der Waals surface area contributed by atoms with E-state index < -0.39 is 0 Å². The van der Waals surface area contributed by atoms with Gasteiger partial charge in [-0.15, -0.1) is 0 Å². The quantitative estimate of drug-likeness (QED) is 0.866. The van der Waals surface area contributed by atoms with Gasteiger partial charge in [-0.05, 0) is 25.2 Å². The van der Waals surface area contributed by atoms with Gasteiger partial charge in [-0.2, -0.15) is 5.10 Å². The maximum absolute atomic E-state index is 4.38. The summed E-state index contributed by atoms with van der Waals surface area (Å²) in [5, 5.41) is 7.94. The van der Waals surface area contributed by atoms with Crippen molar-refractivity contribution in [3.8, 4) is 0 Å². The lowest BCUT2D eigenvalue weighted by Crippen LogP contribution is -2.56. The first-order chi connectivity index (χ1) is 9.28. The third-order valence-electron chi connectivity index (χ3n) is 4.53. The first kappa shape index (κ1) is 13.1. The summed E-state index contributed by atoms with van der Waals surface area (Å²) >= 11 is 0. The summed E-state index contributed by atoms with van der Waals surface area (Å²) in [6.07, 6.45) is 6.99. The molecular formula is C14H25N5. The SMILES string of the molecule is CCCC1CNC(C2CC2)CN1Cc1ncnn1C. The van der Waals surface area contributed by atoms with Gasteiger partial charge in [-0.1, -0.05) is 13.3 Å². The van der Waals surface area contributed by atoms with Crippen molar-refractivity contribution < 1.29 is 0 Å². The van der Waals surface area contributed by atoms with E-state index in [0.717, 1.165) is 24.8 Å². The van der Waals surface area contributed by atoms with Crippen molar-refractivity contribution in [1.29, 1.82) is 0 Å². The minimum absolute atomic E-state index is 0.650. The fourth-order valence-corrected chi connectivity index (χ4v) is 3.15. The first-order valence-corrected chi connectivity index (χ1v) is 7.58. The van der Waals surface area contributed by atoms with Crippen molar-refractivity contribution >= 4 is 0 Å². The lowest BCUT2D eigenvalue weighted by molar-refractivity contribution is 0.104. The standard InChI is InChI=1S/C14H25N5/c1-3-4-12-7-15-13(11-5-6-11)8-19(12)9-14-16-10-17-18(14)2/h10-13,15H,3-9H2,1-2H3. The molecule has 1 aliphatic heterocycles. The van der Waals surface area contributed by atoms with Crippen LogP contribution in [-0.4, -0.2) is 44.8 Å². The van der Waals surface area contributed by atoms with Crippen molar-refractivity contribution in [2.75, 3.05) is 13.1 Å². The zero-order valence-electron chi connectivity index (χ0n) is 12.0. The number of nitrogens with zero attached hydrogens (tertiary/aromatic N) is 4. The van der Waals surface area contributed by atoms with Gasteiger partial charge in [0.25, 0.3) is 0 Å². The lowest BCUT2D eigenvalue weighted by atomic mass is 10.0. The number of rotatable bonds is 5. The third-order valence-corrected chi connectivity index (χ3v) is 4.53. The summed E-state index contributed by atoms with van der Waals surface area (Å²) in [5.74, 6) is 2.00. The fourth-order valence-electron chi connectivity index (χ4n) is 3.15. The maximum Gasteiger partial charge on any atom is 0.140 e. The van der Waals surface area contributed by atoms with Crippen LogP contribution in [0, 0.1) is 5.92 Å². The molecular weight excluding hydrogens is 238 g/mol. The third kappa shape index (κ3) is 2.98. The van der Waals surface area contributed by atoms with Crippen LogP contribution < -0.4 is 5.32 Å². The molecule has 1 N–H and O–H groups in total. The van der Waals surface area contributed by atoms with E-state index in [9.17, 15) is 0 Å². The minimum Gasteiger partial charge on any atom is -0.311 e. The summed E-state index contributed by atoms with van der Waals surface area (Å²) in [5.41, 5.74) is 0. The highest BCUT2D eigenvalue weighted by atomic mass is 15.3. The number of piperazine rings is 1. The van der Waals surface area contributed by atoms with E-state index in [-0.39, 0.29) is 0 Å². The van der Waals surface area contributed by atoms with Gasteiger partial charge in [0.2, 0.25) is 0 Å². The van der Waals surface area contributed by atoms with Crippen LogP contribution >= 0.6 is 0 Å². The van der Waals surface area contributed by atoms with Gasteiger partial charge >= 0.3 is 0 Å². The van der Waals surface area contributed by atoms with Crippen molar-refractivity contribution in [1.82, 2.24) is 25.0 Å². The van der Waals surface area contributed by atoms with Gasteiger partial charge < -0.3 is 5.32 Å². The molecule has 1 aromatic heterocycles. The van der Waals surface area contributed by atoms with Crippen LogP contribution in [0.3, 0.4) is 0 Å². The van der Waals surface area contributed by atoms with E-state index in [0.29, 0.717) is 12.1 Å². The van der Waals surface area contributed by atoms with Gasteiger partial charge in [0, 0.05) is 32.2 Å². The number of hydrogen-bond acceptors (Lipinski definition) is 4. The molecule has 0 aromatic carbocycles. The van der Waals surface area contributed by atoms with Crippen LogP contribution in [0.5, 0.6) is 0 Å². The van der Waals surface area contributed by atoms with Crippen LogP contribution in [0.25, 0.3) is 0 Å². The highest BCUT2D eigenvalue weighted by Crippen LogP contribution is 2.34. The second kappa shape index (κ2) is 5.59. The second-order valence-electron chi connectivity index (χ2n) is 6.02. The van der Waals surface area contributed by atoms with E-state index in [1.807, 2.05) is 11.7 Å². The lowest BCUT2D eigenvalue weighted by Gasteiger charge is -2.40. The van der Waals surface area contributed by atoms with Crippen LogP contribution in [0.2, 0.25) is 0 Å². The van der Waals surface area contributed by atoms with Crippen molar-refractivity contribution in [2.24, 2.45) is 13.0 Å². The molecule has 0 spiro atoms. The fraction of sp³-hybridized carbons (Fsp3) is 0.857. The smallest absolute Gasteiger partial charge is 0.140 e. The number of aromatic nitrogens is 3. The van der Waals surface area contributed by atoms with Crippen LogP contribution in [-0.2, 0) is 13.6 Å². The van der Waals surface area contributed by atoms with Gasteiger partial charge in [0.15, 0.2) is 0 Å². The average Bonchev–Trinajstić information content (AvgIpc) is 3.18. The molecule has 0 radical (unpaired) electrons. The van der Waals surface area contributed by atoms with Crippen LogP contribution in [0.1, 0.15) is 38.4 Å². The Hall–Kier alpha value is -0.940. The van der Waals surface area contributed by atoms with Crippen LogP contribution in [0.4, 0.5) is 0 Å². The van der Waals surface area contributed by atoms with E-state index in [1.165, 1.54) is 32.2 Å². The Labute approximate surface area is 115 Å². The molecule has 0 bridgehead atoms. The molecule has 1 saturated carbocycles. The molecule has 106 valence electrons. The van der Waals surface area contributed by atoms with Crippen molar-refractivity contribution in [3.63, 3.8) is 0 Å². The molecule has 1 saturated heterocycles. The number of aryl methyl sites for hydroxylation is 1. The molecule has 0 amide bonds. The zero-order chi connectivity index (χ0) is 13.2. The summed E-state index contributed by atoms with van der Waals surface area (Å²) in [6, 6.07) is 1.35. The molecule has 1 aromatic rings. The summed E-state index contributed by atoms with van der Waals surface area (Å²) in [6.45, 7) is 5.51. The molecule has 19 heavy (non-hydrogen) atoms. The Morgan fingerprint density at radius 1 is 1.42 bits per heavy atom. The van der Waals surface area contributed by atoms with Crippen molar-refractivity contribution in [2.45, 2.75) is 51.2 Å². The maximum atomic E-state index is 4.38. The van der Waals surface area contributed by atoms with Gasteiger partial charge in [0.05, 0.1) is 6.54 Å². The summed E-state index contributed by atoms with van der Waals surface area (Å²) < 4.78 is 1.90. The molecule has 5 heteroatoms. The largest absolute Gasteiger partial charge is 0.311 e. The number of hydrogen-bond donors (Lipinski definition) is 1. The molecule has 2 atom stereocenters. The highest BCUT2D eigenvalue weighted by Gasteiger charge is 2.37. The molecule has 1 aliphatic carbocycles. The molecule has 2 aliphatic rings. The minimum atomic E-state index is 0.650. The molecule has 3 rings (SSSR count). The molecule has 2 fully saturated rings. The Morgan fingerprint density at radius 3 is 2.89 bits per heavy atom. The zero-order valence-corrected chi connectivity index (χ0v) is 12.0. The first-order valence-electron chi connectivity index (χ1n) is 7.58. The van der Waals surface area contributed by atoms with E-state index in [4.69, 9.17) is 0 Å². The Kier molecular flexibility index (Phi) is 3.84. The van der Waals surface area contributed by atoms with E-state index >= 15 is 0 Å². The number of nitrogens with one attached hydrogen (secondary N) is 1. The van der Waals surface area contributed by atoms with Crippen molar-refractivity contribution in [3.05, 3.63) is 12.2 Å². The summed E-state index contributed by atoms with van der Waals surface area (Å²) in [4.78, 5) is 7.00. The molecule has 2 unspecified atom stereocenters. The van der Waals surface area contributed by atoms with E-state index in [1.54, 1.807) is 6.33 Å². The van der Waals surface area contributed by atoms with Crippen LogP contribution in [0.15, 0.2) is 6.33 Å². The van der Waals surface area contributed by atoms with Gasteiger partial charge in [0.1, 0.15) is 12.2 Å². The molecule has 2 heterocycles. The predicted molar refractivity (Wildman–Crippen MR) is 74.6 cm³/mol. The highest BCUT2D eigenvalue weighted by molar-refractivity contribution is 4.96. The topological polar surface area (TPSA) is 46.0 Å². The Balaban J connectivity index is 1.67. The van der Waals surface area contributed by atoms with E-state index in [2.05, 4.69) is 27.2 Å². The Bertz CT molecular complexity index is 412. The average molecular weight is 263 g/mol. The van der Waals surface area contributed by atoms with Gasteiger partial charge in [-0.25, -0.2) is 4.98 Å². The molecule has 5 nitrogen and oxygen atoms in total. The van der Waals surface area contributed by atoms with Gasteiger partial charge in [-0.3, -0.25) is 9.58 Å². The summed E-state index contributed by atoms with van der Waals surface area (Å²) in [7, 11) is 1.98. The monoisotopic (exact) mass is 263 g/mol. The predicted octanol–water partition coefficient (Wildman–Crippen LogP) is 1.17. The Morgan fingerprint density at radius 2 is 2.26 bits per heavy atom.